The maximum absolute atomic E-state index is 11.3. The van der Waals surface area contributed by atoms with E-state index in [0.717, 1.165) is 56.0 Å². The highest BCUT2D eigenvalue weighted by molar-refractivity contribution is 5.91. The molecule has 4 heteroatoms. The van der Waals surface area contributed by atoms with Crippen LogP contribution in [0.5, 0.6) is 0 Å². The van der Waals surface area contributed by atoms with Crippen LogP contribution in [-0.2, 0) is 4.74 Å². The van der Waals surface area contributed by atoms with Gasteiger partial charge >= 0.3 is 5.97 Å². The van der Waals surface area contributed by atoms with E-state index in [1.54, 1.807) is 0 Å². The molecule has 0 atom stereocenters. The van der Waals surface area contributed by atoms with Crippen molar-refractivity contribution in [2.24, 2.45) is 5.41 Å². The third-order valence-corrected chi connectivity index (χ3v) is 4.85. The first-order valence-electron chi connectivity index (χ1n) is 7.18. The van der Waals surface area contributed by atoms with Crippen molar-refractivity contribution in [3.05, 3.63) is 28.8 Å². The standard InChI is InChI=1S/C16H21NO3/c1-11-7-13(8-14(12(11)2)15(18)19)17-9-16(10-17)3-5-20-6-4-16/h7-8H,3-6,9-10H2,1-2H3,(H,18,19). The fraction of sp³-hybridized carbons (Fsp3) is 0.562. The summed E-state index contributed by atoms with van der Waals surface area (Å²) in [5, 5.41) is 9.29. The number of carboxylic acid groups (broad SMARTS) is 1. The average Bonchev–Trinajstić information content (AvgIpc) is 2.39. The van der Waals surface area contributed by atoms with E-state index in [4.69, 9.17) is 4.74 Å². The maximum atomic E-state index is 11.3. The Morgan fingerprint density at radius 1 is 1.25 bits per heavy atom. The van der Waals surface area contributed by atoms with Gasteiger partial charge in [0.2, 0.25) is 0 Å². The summed E-state index contributed by atoms with van der Waals surface area (Å²) in [6.07, 6.45) is 2.25. The van der Waals surface area contributed by atoms with Crippen molar-refractivity contribution in [3.8, 4) is 0 Å². The van der Waals surface area contributed by atoms with E-state index in [1.807, 2.05) is 19.9 Å². The molecule has 0 saturated carbocycles. The Morgan fingerprint density at radius 3 is 2.50 bits per heavy atom. The number of rotatable bonds is 2. The first kappa shape index (κ1) is 13.4. The number of anilines is 1. The van der Waals surface area contributed by atoms with Crippen LogP contribution in [0.4, 0.5) is 5.69 Å². The molecule has 108 valence electrons. The topological polar surface area (TPSA) is 49.8 Å². The summed E-state index contributed by atoms with van der Waals surface area (Å²) in [4.78, 5) is 13.6. The van der Waals surface area contributed by atoms with E-state index >= 15 is 0 Å². The minimum Gasteiger partial charge on any atom is -0.478 e. The van der Waals surface area contributed by atoms with Gasteiger partial charge in [0.15, 0.2) is 0 Å². The lowest BCUT2D eigenvalue weighted by Gasteiger charge is -2.53. The van der Waals surface area contributed by atoms with Crippen LogP contribution in [0, 0.1) is 19.3 Å². The Balaban J connectivity index is 1.81. The molecule has 2 saturated heterocycles. The van der Waals surface area contributed by atoms with E-state index < -0.39 is 5.97 Å². The highest BCUT2D eigenvalue weighted by Gasteiger charge is 2.44. The molecule has 1 aromatic rings. The molecule has 0 bridgehead atoms. The van der Waals surface area contributed by atoms with Gasteiger partial charge in [0, 0.05) is 37.4 Å². The molecule has 1 spiro atoms. The van der Waals surface area contributed by atoms with Crippen LogP contribution in [0.3, 0.4) is 0 Å². The molecule has 1 N–H and O–H groups in total. The molecule has 4 nitrogen and oxygen atoms in total. The van der Waals surface area contributed by atoms with Crippen molar-refractivity contribution in [1.82, 2.24) is 0 Å². The van der Waals surface area contributed by atoms with Gasteiger partial charge in [0.25, 0.3) is 0 Å². The highest BCUT2D eigenvalue weighted by atomic mass is 16.5. The van der Waals surface area contributed by atoms with Crippen molar-refractivity contribution in [1.29, 1.82) is 0 Å². The summed E-state index contributed by atoms with van der Waals surface area (Å²) in [7, 11) is 0. The third-order valence-electron chi connectivity index (χ3n) is 4.85. The summed E-state index contributed by atoms with van der Waals surface area (Å²) >= 11 is 0. The lowest BCUT2D eigenvalue weighted by molar-refractivity contribution is -0.000196. The number of carboxylic acids is 1. The first-order valence-corrected chi connectivity index (χ1v) is 7.18. The van der Waals surface area contributed by atoms with Crippen LogP contribution in [0.15, 0.2) is 12.1 Å². The van der Waals surface area contributed by atoms with Crippen molar-refractivity contribution in [2.75, 3.05) is 31.2 Å². The van der Waals surface area contributed by atoms with Gasteiger partial charge in [0.05, 0.1) is 5.56 Å². The van der Waals surface area contributed by atoms with Crippen molar-refractivity contribution in [2.45, 2.75) is 26.7 Å². The van der Waals surface area contributed by atoms with Crippen LogP contribution in [0.2, 0.25) is 0 Å². The number of hydrogen-bond acceptors (Lipinski definition) is 3. The quantitative estimate of drug-likeness (QED) is 0.901. The summed E-state index contributed by atoms with van der Waals surface area (Å²) in [5.41, 5.74) is 3.78. The second-order valence-corrected chi connectivity index (χ2v) is 6.21. The zero-order valence-electron chi connectivity index (χ0n) is 12.1. The van der Waals surface area contributed by atoms with Crippen LogP contribution in [0.1, 0.15) is 34.3 Å². The predicted octanol–water partition coefficient (Wildman–Crippen LogP) is 2.62. The predicted molar refractivity (Wildman–Crippen MR) is 77.6 cm³/mol. The molecule has 2 heterocycles. The van der Waals surface area contributed by atoms with Gasteiger partial charge in [-0.3, -0.25) is 0 Å². The smallest absolute Gasteiger partial charge is 0.336 e. The van der Waals surface area contributed by atoms with Crippen LogP contribution < -0.4 is 4.90 Å². The number of benzene rings is 1. The van der Waals surface area contributed by atoms with Gasteiger partial charge in [-0.05, 0) is 49.9 Å². The normalized spacial score (nSPS) is 20.8. The monoisotopic (exact) mass is 275 g/mol. The number of ether oxygens (including phenoxy) is 1. The van der Waals surface area contributed by atoms with Gasteiger partial charge < -0.3 is 14.7 Å². The summed E-state index contributed by atoms with van der Waals surface area (Å²) in [6.45, 7) is 7.63. The van der Waals surface area contributed by atoms with E-state index in [1.165, 1.54) is 0 Å². The minimum absolute atomic E-state index is 0.403. The first-order chi connectivity index (χ1) is 9.51. The van der Waals surface area contributed by atoms with E-state index in [0.29, 0.717) is 11.0 Å². The minimum atomic E-state index is -0.839. The summed E-state index contributed by atoms with van der Waals surface area (Å²) in [5.74, 6) is -0.839. The van der Waals surface area contributed by atoms with E-state index in [9.17, 15) is 9.90 Å². The van der Waals surface area contributed by atoms with E-state index in [-0.39, 0.29) is 0 Å². The molecular weight excluding hydrogens is 254 g/mol. The third kappa shape index (κ3) is 2.18. The second kappa shape index (κ2) is 4.77. The van der Waals surface area contributed by atoms with E-state index in [2.05, 4.69) is 11.0 Å². The van der Waals surface area contributed by atoms with Gasteiger partial charge in [-0.1, -0.05) is 0 Å². The number of hydrogen-bond donors (Lipinski definition) is 1. The Labute approximate surface area is 119 Å². The molecule has 3 rings (SSSR count). The second-order valence-electron chi connectivity index (χ2n) is 6.21. The molecule has 0 radical (unpaired) electrons. The maximum Gasteiger partial charge on any atom is 0.336 e. The molecule has 0 aromatic heterocycles. The van der Waals surface area contributed by atoms with Gasteiger partial charge in [-0.25, -0.2) is 4.79 Å². The molecule has 2 aliphatic rings. The number of aryl methyl sites for hydroxylation is 1. The van der Waals surface area contributed by atoms with Crippen molar-refractivity contribution in [3.63, 3.8) is 0 Å². The Hall–Kier alpha value is -1.55. The Morgan fingerprint density at radius 2 is 1.90 bits per heavy atom. The Kier molecular flexibility index (Phi) is 3.21. The van der Waals surface area contributed by atoms with Gasteiger partial charge in [0.1, 0.15) is 0 Å². The molecule has 2 aliphatic heterocycles. The molecule has 0 amide bonds. The van der Waals surface area contributed by atoms with Crippen molar-refractivity contribution >= 4 is 11.7 Å². The number of nitrogens with zero attached hydrogens (tertiary/aromatic N) is 1. The summed E-state index contributed by atoms with van der Waals surface area (Å²) in [6, 6.07) is 3.92. The number of carbonyl (C=O) groups is 1. The lowest BCUT2D eigenvalue weighted by atomic mass is 9.73. The Bertz CT molecular complexity index is 539. The van der Waals surface area contributed by atoms with Crippen molar-refractivity contribution < 1.29 is 14.6 Å². The largest absolute Gasteiger partial charge is 0.478 e. The fourth-order valence-corrected chi connectivity index (χ4v) is 3.31. The highest BCUT2D eigenvalue weighted by Crippen LogP contribution is 2.42. The lowest BCUT2D eigenvalue weighted by Crippen LogP contribution is -2.58. The van der Waals surface area contributed by atoms with Crippen LogP contribution in [0.25, 0.3) is 0 Å². The zero-order chi connectivity index (χ0) is 14.3. The van der Waals surface area contributed by atoms with Crippen LogP contribution >= 0.6 is 0 Å². The van der Waals surface area contributed by atoms with Gasteiger partial charge in [-0.2, -0.15) is 0 Å². The van der Waals surface area contributed by atoms with Gasteiger partial charge in [-0.15, -0.1) is 0 Å². The zero-order valence-corrected chi connectivity index (χ0v) is 12.1. The summed E-state index contributed by atoms with van der Waals surface area (Å²) < 4.78 is 5.43. The molecule has 20 heavy (non-hydrogen) atoms. The molecule has 0 unspecified atom stereocenters. The number of aromatic carboxylic acids is 1. The molecule has 2 fully saturated rings. The average molecular weight is 275 g/mol. The molecule has 1 aromatic carbocycles. The van der Waals surface area contributed by atoms with Crippen LogP contribution in [-0.4, -0.2) is 37.4 Å². The SMILES string of the molecule is Cc1cc(N2CC3(CCOCC3)C2)cc(C(=O)O)c1C. The molecular formula is C16H21NO3. The molecule has 0 aliphatic carbocycles. The fourth-order valence-electron chi connectivity index (χ4n) is 3.31.